The van der Waals surface area contributed by atoms with Crippen LogP contribution in [0.5, 0.6) is 0 Å². The van der Waals surface area contributed by atoms with Crippen LogP contribution in [0.2, 0.25) is 0 Å². The van der Waals surface area contributed by atoms with Gasteiger partial charge in [0.15, 0.2) is 0 Å². The minimum atomic E-state index is -0.159. The van der Waals surface area contributed by atoms with Gasteiger partial charge in [-0.2, -0.15) is 0 Å². The molecule has 5 nitrogen and oxygen atoms in total. The molecule has 2 rings (SSSR count). The summed E-state index contributed by atoms with van der Waals surface area (Å²) in [5.74, 6) is 0.396. The molecule has 1 fully saturated rings. The Morgan fingerprint density at radius 2 is 2.26 bits per heavy atom. The van der Waals surface area contributed by atoms with Crippen LogP contribution in [0.3, 0.4) is 0 Å². The first kappa shape index (κ1) is 14.4. The molecule has 1 amide bonds. The van der Waals surface area contributed by atoms with Gasteiger partial charge in [-0.1, -0.05) is 0 Å². The van der Waals surface area contributed by atoms with Crippen LogP contribution < -0.4 is 10.6 Å². The molecule has 1 aromatic rings. The van der Waals surface area contributed by atoms with Crippen molar-refractivity contribution in [3.63, 3.8) is 0 Å². The zero-order valence-corrected chi connectivity index (χ0v) is 12.5. The largest absolute Gasteiger partial charge is 0.368 e. The van der Waals surface area contributed by atoms with Crippen LogP contribution in [0.4, 0.5) is 5.82 Å². The first-order valence-electron chi connectivity index (χ1n) is 6.40. The van der Waals surface area contributed by atoms with E-state index in [1.54, 1.807) is 6.07 Å². The molecule has 1 aliphatic rings. The van der Waals surface area contributed by atoms with Crippen LogP contribution in [0, 0.1) is 6.92 Å². The minimum Gasteiger partial charge on any atom is -0.368 e. The fourth-order valence-corrected chi connectivity index (χ4v) is 2.17. The second-order valence-electron chi connectivity index (χ2n) is 4.57. The van der Waals surface area contributed by atoms with Gasteiger partial charge in [-0.15, -0.1) is 0 Å². The summed E-state index contributed by atoms with van der Waals surface area (Å²) in [4.78, 5) is 16.0. The number of rotatable bonds is 4. The highest BCUT2D eigenvalue weighted by Crippen LogP contribution is 2.16. The zero-order chi connectivity index (χ0) is 13.7. The highest BCUT2D eigenvalue weighted by atomic mass is 79.9. The molecule has 2 N–H and O–H groups in total. The number of aromatic nitrogens is 1. The highest BCUT2D eigenvalue weighted by Gasteiger charge is 2.15. The third-order valence-electron chi connectivity index (χ3n) is 3.03. The summed E-state index contributed by atoms with van der Waals surface area (Å²) >= 11 is 3.37. The Balaban J connectivity index is 1.78. The van der Waals surface area contributed by atoms with E-state index in [0.29, 0.717) is 5.82 Å². The van der Waals surface area contributed by atoms with Crippen molar-refractivity contribution in [2.24, 2.45) is 0 Å². The molecule has 0 radical (unpaired) electrons. The van der Waals surface area contributed by atoms with E-state index in [-0.39, 0.29) is 18.6 Å². The fourth-order valence-electron chi connectivity index (χ4n) is 1.95. The molecule has 6 heteroatoms. The number of amides is 1. The van der Waals surface area contributed by atoms with Gasteiger partial charge in [0.2, 0.25) is 0 Å². The topological polar surface area (TPSA) is 63.2 Å². The summed E-state index contributed by atoms with van der Waals surface area (Å²) in [5.41, 5.74) is 0.845. The molecule has 0 spiro atoms. The van der Waals surface area contributed by atoms with Crippen molar-refractivity contribution in [2.45, 2.75) is 25.9 Å². The molecule has 1 aromatic heterocycles. The number of hydrogen-bond acceptors (Lipinski definition) is 4. The fraction of sp³-hybridized carbons (Fsp3) is 0.538. The summed E-state index contributed by atoms with van der Waals surface area (Å²) in [5, 5.41) is 6.00. The predicted molar refractivity (Wildman–Crippen MR) is 77.1 cm³/mol. The van der Waals surface area contributed by atoms with Crippen molar-refractivity contribution in [3.05, 3.63) is 22.3 Å². The van der Waals surface area contributed by atoms with E-state index in [4.69, 9.17) is 4.74 Å². The summed E-state index contributed by atoms with van der Waals surface area (Å²) in [6.45, 7) is 3.88. The number of aryl methyl sites for hydroxylation is 1. The Morgan fingerprint density at radius 3 is 2.95 bits per heavy atom. The normalized spacial score (nSPS) is 16.3. The minimum absolute atomic E-state index is 0.0848. The lowest BCUT2D eigenvalue weighted by Crippen LogP contribution is -2.34. The molecule has 0 aliphatic carbocycles. The number of carbonyl (C=O) groups is 1. The Labute approximate surface area is 121 Å². The molecular formula is C13H18BrN3O2. The Kier molecular flexibility index (Phi) is 5.30. The Morgan fingerprint density at radius 1 is 1.53 bits per heavy atom. The van der Waals surface area contributed by atoms with Gasteiger partial charge in [0.1, 0.15) is 12.4 Å². The SMILES string of the molecule is Cc1nc(NC(=O)COC2CCNCC2)ccc1Br. The van der Waals surface area contributed by atoms with Crippen LogP contribution >= 0.6 is 15.9 Å². The molecule has 0 saturated carbocycles. The van der Waals surface area contributed by atoms with Crippen molar-refractivity contribution < 1.29 is 9.53 Å². The van der Waals surface area contributed by atoms with Crippen molar-refractivity contribution in [3.8, 4) is 0 Å². The van der Waals surface area contributed by atoms with Gasteiger partial charge in [-0.05, 0) is 60.9 Å². The molecule has 0 atom stereocenters. The second-order valence-corrected chi connectivity index (χ2v) is 5.43. The maximum Gasteiger partial charge on any atom is 0.251 e. The molecule has 0 aromatic carbocycles. The number of anilines is 1. The third-order valence-corrected chi connectivity index (χ3v) is 3.86. The lowest BCUT2D eigenvalue weighted by molar-refractivity contribution is -0.123. The van der Waals surface area contributed by atoms with Crippen LogP contribution in [-0.2, 0) is 9.53 Å². The van der Waals surface area contributed by atoms with E-state index >= 15 is 0 Å². The molecule has 104 valence electrons. The van der Waals surface area contributed by atoms with Gasteiger partial charge < -0.3 is 15.4 Å². The predicted octanol–water partition coefficient (Wildman–Crippen LogP) is 1.86. The number of ether oxygens (including phenoxy) is 1. The number of piperidine rings is 1. The number of nitrogens with zero attached hydrogens (tertiary/aromatic N) is 1. The number of halogens is 1. The molecular weight excluding hydrogens is 310 g/mol. The van der Waals surface area contributed by atoms with E-state index < -0.39 is 0 Å². The number of carbonyl (C=O) groups excluding carboxylic acids is 1. The maximum atomic E-state index is 11.7. The average molecular weight is 328 g/mol. The molecule has 0 bridgehead atoms. The molecule has 19 heavy (non-hydrogen) atoms. The van der Waals surface area contributed by atoms with Crippen LogP contribution in [0.25, 0.3) is 0 Å². The number of pyridine rings is 1. The van der Waals surface area contributed by atoms with Crippen LogP contribution in [0.1, 0.15) is 18.5 Å². The lowest BCUT2D eigenvalue weighted by Gasteiger charge is -2.22. The van der Waals surface area contributed by atoms with Crippen molar-refractivity contribution in [2.75, 3.05) is 25.0 Å². The summed E-state index contributed by atoms with van der Waals surface area (Å²) in [6, 6.07) is 3.63. The second kappa shape index (κ2) is 6.98. The number of hydrogen-bond donors (Lipinski definition) is 2. The van der Waals surface area contributed by atoms with Crippen molar-refractivity contribution in [1.82, 2.24) is 10.3 Å². The molecule has 0 unspecified atom stereocenters. The summed E-state index contributed by atoms with van der Waals surface area (Å²) in [7, 11) is 0. The quantitative estimate of drug-likeness (QED) is 0.886. The van der Waals surface area contributed by atoms with Gasteiger partial charge in [-0.25, -0.2) is 4.98 Å². The van der Waals surface area contributed by atoms with Gasteiger partial charge in [-0.3, -0.25) is 4.79 Å². The monoisotopic (exact) mass is 327 g/mol. The molecule has 1 aliphatic heterocycles. The van der Waals surface area contributed by atoms with Crippen LogP contribution in [0.15, 0.2) is 16.6 Å². The van der Waals surface area contributed by atoms with E-state index in [9.17, 15) is 4.79 Å². The first-order valence-corrected chi connectivity index (χ1v) is 7.20. The van der Waals surface area contributed by atoms with Gasteiger partial charge in [0, 0.05) is 4.47 Å². The smallest absolute Gasteiger partial charge is 0.251 e. The van der Waals surface area contributed by atoms with E-state index in [1.165, 1.54) is 0 Å². The molecule has 1 saturated heterocycles. The Bertz CT molecular complexity index is 448. The van der Waals surface area contributed by atoms with Gasteiger partial charge in [0.05, 0.1) is 11.8 Å². The van der Waals surface area contributed by atoms with Gasteiger partial charge in [0.25, 0.3) is 5.91 Å². The summed E-state index contributed by atoms with van der Waals surface area (Å²) < 4.78 is 6.51. The van der Waals surface area contributed by atoms with Gasteiger partial charge >= 0.3 is 0 Å². The van der Waals surface area contributed by atoms with Crippen molar-refractivity contribution in [1.29, 1.82) is 0 Å². The standard InChI is InChI=1S/C13H18BrN3O2/c1-9-11(14)2-3-12(16-9)17-13(18)8-19-10-4-6-15-7-5-10/h2-3,10,15H,4-8H2,1H3,(H,16,17,18). The van der Waals surface area contributed by atoms with E-state index in [0.717, 1.165) is 36.1 Å². The number of nitrogens with one attached hydrogen (secondary N) is 2. The van der Waals surface area contributed by atoms with E-state index in [2.05, 4.69) is 31.5 Å². The first-order chi connectivity index (χ1) is 9.15. The van der Waals surface area contributed by atoms with E-state index in [1.807, 2.05) is 13.0 Å². The van der Waals surface area contributed by atoms with Crippen molar-refractivity contribution >= 4 is 27.7 Å². The Hall–Kier alpha value is -0.980. The van der Waals surface area contributed by atoms with Crippen LogP contribution in [-0.4, -0.2) is 36.7 Å². The zero-order valence-electron chi connectivity index (χ0n) is 10.9. The molecule has 2 heterocycles. The highest BCUT2D eigenvalue weighted by molar-refractivity contribution is 9.10. The maximum absolute atomic E-state index is 11.7. The lowest BCUT2D eigenvalue weighted by atomic mass is 10.1. The summed E-state index contributed by atoms with van der Waals surface area (Å²) in [6.07, 6.45) is 2.11. The third kappa shape index (κ3) is 4.56. The average Bonchev–Trinajstić information content (AvgIpc) is 2.42.